The average Bonchev–Trinajstić information content (AvgIpc) is 2.47. The fourth-order valence-corrected chi connectivity index (χ4v) is 2.09. The molecule has 0 radical (unpaired) electrons. The highest BCUT2D eigenvalue weighted by atomic mass is 16.2. The quantitative estimate of drug-likeness (QED) is 0.734. The lowest BCUT2D eigenvalue weighted by molar-refractivity contribution is 0.213. The Morgan fingerprint density at radius 2 is 1.70 bits per heavy atom. The average molecular weight is 276 g/mol. The van der Waals surface area contributed by atoms with E-state index in [-0.39, 0.29) is 6.03 Å². The van der Waals surface area contributed by atoms with Crippen molar-refractivity contribution in [2.24, 2.45) is 0 Å². The van der Waals surface area contributed by atoms with Crippen molar-refractivity contribution in [3.05, 3.63) is 29.8 Å². The van der Waals surface area contributed by atoms with Crippen LogP contribution in [0.4, 0.5) is 10.5 Å². The van der Waals surface area contributed by atoms with Crippen molar-refractivity contribution in [2.45, 2.75) is 52.9 Å². The molecule has 112 valence electrons. The largest absolute Gasteiger partial charge is 0.325 e. The van der Waals surface area contributed by atoms with Gasteiger partial charge in [0, 0.05) is 18.8 Å². The van der Waals surface area contributed by atoms with Crippen LogP contribution in [-0.2, 0) is 6.42 Å². The Hall–Kier alpha value is -1.51. The van der Waals surface area contributed by atoms with Gasteiger partial charge in [0.05, 0.1) is 0 Å². The predicted octanol–water partition coefficient (Wildman–Crippen LogP) is 4.68. The number of urea groups is 1. The molecule has 0 saturated carbocycles. The van der Waals surface area contributed by atoms with Crippen LogP contribution in [-0.4, -0.2) is 24.0 Å². The SMILES string of the molecule is CCCCc1ccc(NC(=O)N(CC)CCCC)cc1. The van der Waals surface area contributed by atoms with E-state index in [0.717, 1.165) is 38.0 Å². The lowest BCUT2D eigenvalue weighted by Crippen LogP contribution is -2.35. The van der Waals surface area contributed by atoms with Crippen molar-refractivity contribution in [2.75, 3.05) is 18.4 Å². The molecule has 1 N–H and O–H groups in total. The van der Waals surface area contributed by atoms with Crippen molar-refractivity contribution in [1.82, 2.24) is 4.90 Å². The zero-order valence-corrected chi connectivity index (χ0v) is 13.1. The van der Waals surface area contributed by atoms with Gasteiger partial charge in [-0.25, -0.2) is 4.79 Å². The number of nitrogens with one attached hydrogen (secondary N) is 1. The minimum absolute atomic E-state index is 0.00209. The third kappa shape index (κ3) is 5.64. The first-order chi connectivity index (χ1) is 9.71. The number of hydrogen-bond acceptors (Lipinski definition) is 1. The van der Waals surface area contributed by atoms with Gasteiger partial charge in [0.1, 0.15) is 0 Å². The van der Waals surface area contributed by atoms with Gasteiger partial charge in [0.25, 0.3) is 0 Å². The van der Waals surface area contributed by atoms with E-state index < -0.39 is 0 Å². The highest BCUT2D eigenvalue weighted by Crippen LogP contribution is 2.12. The summed E-state index contributed by atoms with van der Waals surface area (Å²) in [5, 5.41) is 2.97. The van der Waals surface area contributed by atoms with Crippen LogP contribution in [0.3, 0.4) is 0 Å². The second kappa shape index (κ2) is 9.40. The number of aryl methyl sites for hydroxylation is 1. The van der Waals surface area contributed by atoms with Crippen LogP contribution in [0.5, 0.6) is 0 Å². The number of carbonyl (C=O) groups is 1. The van der Waals surface area contributed by atoms with Gasteiger partial charge in [-0.3, -0.25) is 0 Å². The summed E-state index contributed by atoms with van der Waals surface area (Å²) in [7, 11) is 0. The maximum Gasteiger partial charge on any atom is 0.321 e. The monoisotopic (exact) mass is 276 g/mol. The Kier molecular flexibility index (Phi) is 7.78. The molecule has 3 nitrogen and oxygen atoms in total. The van der Waals surface area contributed by atoms with Gasteiger partial charge >= 0.3 is 6.03 Å². The Morgan fingerprint density at radius 3 is 2.25 bits per heavy atom. The normalized spacial score (nSPS) is 10.3. The number of unbranched alkanes of at least 4 members (excludes halogenated alkanes) is 2. The Labute approximate surface area is 123 Å². The number of carbonyl (C=O) groups excluding carboxylic acids is 1. The highest BCUT2D eigenvalue weighted by molar-refractivity contribution is 5.89. The molecule has 0 heterocycles. The second-order valence-corrected chi connectivity index (χ2v) is 5.16. The smallest absolute Gasteiger partial charge is 0.321 e. The molecule has 0 bridgehead atoms. The Balaban J connectivity index is 2.52. The molecule has 0 aromatic heterocycles. The van der Waals surface area contributed by atoms with Crippen LogP contribution in [0.25, 0.3) is 0 Å². The van der Waals surface area contributed by atoms with Crippen LogP contribution in [0, 0.1) is 0 Å². The van der Waals surface area contributed by atoms with E-state index in [2.05, 4.69) is 31.3 Å². The lowest BCUT2D eigenvalue weighted by Gasteiger charge is -2.21. The molecule has 20 heavy (non-hydrogen) atoms. The first-order valence-electron chi connectivity index (χ1n) is 7.86. The lowest BCUT2D eigenvalue weighted by atomic mass is 10.1. The zero-order chi connectivity index (χ0) is 14.8. The van der Waals surface area contributed by atoms with Gasteiger partial charge in [-0.05, 0) is 43.9 Å². The number of benzene rings is 1. The first-order valence-corrected chi connectivity index (χ1v) is 7.86. The molecule has 0 aliphatic carbocycles. The fourth-order valence-electron chi connectivity index (χ4n) is 2.09. The van der Waals surface area contributed by atoms with Gasteiger partial charge < -0.3 is 10.2 Å². The van der Waals surface area contributed by atoms with Crippen molar-refractivity contribution in [3.8, 4) is 0 Å². The molecule has 2 amide bonds. The molecule has 0 atom stereocenters. The molecular formula is C17H28N2O. The van der Waals surface area contributed by atoms with Crippen LogP contribution in [0.2, 0.25) is 0 Å². The Morgan fingerprint density at radius 1 is 1.05 bits per heavy atom. The standard InChI is InChI=1S/C17H28N2O/c1-4-7-9-15-10-12-16(13-11-15)18-17(20)19(6-3)14-8-5-2/h10-13H,4-9,14H2,1-3H3,(H,18,20). The molecule has 1 aromatic rings. The highest BCUT2D eigenvalue weighted by Gasteiger charge is 2.10. The summed E-state index contributed by atoms with van der Waals surface area (Å²) in [4.78, 5) is 14.0. The van der Waals surface area contributed by atoms with E-state index in [1.54, 1.807) is 0 Å². The summed E-state index contributed by atoms with van der Waals surface area (Å²) in [6, 6.07) is 8.20. The summed E-state index contributed by atoms with van der Waals surface area (Å²) >= 11 is 0. The van der Waals surface area contributed by atoms with E-state index in [4.69, 9.17) is 0 Å². The van der Waals surface area contributed by atoms with E-state index in [1.165, 1.54) is 18.4 Å². The molecule has 0 fully saturated rings. The first kappa shape index (κ1) is 16.5. The number of amides is 2. The maximum absolute atomic E-state index is 12.1. The Bertz CT molecular complexity index is 386. The van der Waals surface area contributed by atoms with Crippen molar-refractivity contribution in [1.29, 1.82) is 0 Å². The molecule has 3 heteroatoms. The topological polar surface area (TPSA) is 32.3 Å². The van der Waals surface area contributed by atoms with Crippen molar-refractivity contribution >= 4 is 11.7 Å². The molecule has 0 unspecified atom stereocenters. The van der Waals surface area contributed by atoms with Gasteiger partial charge in [-0.2, -0.15) is 0 Å². The number of nitrogens with zero attached hydrogens (tertiary/aromatic N) is 1. The summed E-state index contributed by atoms with van der Waals surface area (Å²) in [5.74, 6) is 0. The molecule has 1 aromatic carbocycles. The molecule has 0 aliphatic rings. The summed E-state index contributed by atoms with van der Waals surface area (Å²) in [5.41, 5.74) is 2.22. The molecular weight excluding hydrogens is 248 g/mol. The minimum Gasteiger partial charge on any atom is -0.325 e. The molecule has 0 aliphatic heterocycles. The number of anilines is 1. The maximum atomic E-state index is 12.1. The van der Waals surface area contributed by atoms with Gasteiger partial charge in [-0.15, -0.1) is 0 Å². The number of hydrogen-bond donors (Lipinski definition) is 1. The molecule has 0 spiro atoms. The molecule has 1 rings (SSSR count). The van der Waals surface area contributed by atoms with E-state index in [1.807, 2.05) is 24.0 Å². The van der Waals surface area contributed by atoms with Crippen LogP contribution < -0.4 is 5.32 Å². The molecule has 0 saturated heterocycles. The van der Waals surface area contributed by atoms with Crippen LogP contribution in [0.1, 0.15) is 52.0 Å². The minimum atomic E-state index is 0.00209. The van der Waals surface area contributed by atoms with Gasteiger partial charge in [0.2, 0.25) is 0 Å². The van der Waals surface area contributed by atoms with Crippen LogP contribution in [0.15, 0.2) is 24.3 Å². The summed E-state index contributed by atoms with van der Waals surface area (Å²) < 4.78 is 0. The number of rotatable bonds is 8. The zero-order valence-electron chi connectivity index (χ0n) is 13.1. The fraction of sp³-hybridized carbons (Fsp3) is 0.588. The van der Waals surface area contributed by atoms with E-state index in [9.17, 15) is 4.79 Å². The predicted molar refractivity (Wildman–Crippen MR) is 86.2 cm³/mol. The second-order valence-electron chi connectivity index (χ2n) is 5.16. The third-order valence-corrected chi connectivity index (χ3v) is 3.47. The van der Waals surface area contributed by atoms with E-state index >= 15 is 0 Å². The summed E-state index contributed by atoms with van der Waals surface area (Å²) in [6.45, 7) is 7.93. The van der Waals surface area contributed by atoms with Crippen molar-refractivity contribution in [3.63, 3.8) is 0 Å². The van der Waals surface area contributed by atoms with Gasteiger partial charge in [0.15, 0.2) is 0 Å². The van der Waals surface area contributed by atoms with Crippen molar-refractivity contribution < 1.29 is 4.79 Å². The van der Waals surface area contributed by atoms with Crippen LogP contribution >= 0.6 is 0 Å². The third-order valence-electron chi connectivity index (χ3n) is 3.47. The van der Waals surface area contributed by atoms with E-state index in [0.29, 0.717) is 0 Å². The van der Waals surface area contributed by atoms with Gasteiger partial charge in [-0.1, -0.05) is 38.8 Å². The summed E-state index contributed by atoms with van der Waals surface area (Å²) in [6.07, 6.45) is 5.70.